The summed E-state index contributed by atoms with van der Waals surface area (Å²) in [6.07, 6.45) is 5.81. The fourth-order valence-electron chi connectivity index (χ4n) is 2.64. The van der Waals surface area contributed by atoms with Gasteiger partial charge in [0, 0.05) is 12.0 Å². The van der Waals surface area contributed by atoms with Crippen LogP contribution in [0.5, 0.6) is 0 Å². The number of nitrogens with zero attached hydrogens (tertiary/aromatic N) is 2. The topological polar surface area (TPSA) is 54.9 Å². The number of hydrogen-bond donors (Lipinski definition) is 1. The van der Waals surface area contributed by atoms with Crippen LogP contribution in [0, 0.1) is 11.6 Å². The van der Waals surface area contributed by atoms with Gasteiger partial charge in [0.05, 0.1) is 5.56 Å². The van der Waals surface area contributed by atoms with Crippen LogP contribution in [0.1, 0.15) is 53.4 Å². The third-order valence-corrected chi connectivity index (χ3v) is 4.79. The zero-order valence-corrected chi connectivity index (χ0v) is 12.6. The van der Waals surface area contributed by atoms with Crippen molar-refractivity contribution in [2.45, 2.75) is 38.0 Å². The summed E-state index contributed by atoms with van der Waals surface area (Å²) in [5, 5.41) is 11.8. The average molecular weight is 323 g/mol. The van der Waals surface area contributed by atoms with Gasteiger partial charge in [-0.3, -0.25) is 10.1 Å². The van der Waals surface area contributed by atoms with Crippen LogP contribution >= 0.6 is 11.3 Å². The molecule has 0 radical (unpaired) electrons. The highest BCUT2D eigenvalue weighted by Crippen LogP contribution is 2.35. The molecule has 0 aliphatic heterocycles. The Balaban J connectivity index is 1.70. The first kappa shape index (κ1) is 15.0. The van der Waals surface area contributed by atoms with E-state index in [-0.39, 0.29) is 5.56 Å². The number of aromatic nitrogens is 2. The van der Waals surface area contributed by atoms with Crippen molar-refractivity contribution in [3.63, 3.8) is 0 Å². The molecule has 1 heterocycles. The Morgan fingerprint density at radius 3 is 2.68 bits per heavy atom. The molecule has 1 fully saturated rings. The second kappa shape index (κ2) is 6.48. The molecular formula is C15H15F2N3OS. The van der Waals surface area contributed by atoms with Gasteiger partial charge in [-0.15, -0.1) is 10.2 Å². The van der Waals surface area contributed by atoms with Crippen LogP contribution in [0.4, 0.5) is 13.9 Å². The Bertz CT molecular complexity index is 683. The lowest BCUT2D eigenvalue weighted by Crippen LogP contribution is -2.13. The Labute approximate surface area is 130 Å². The average Bonchev–Trinajstić information content (AvgIpc) is 2.96. The molecule has 3 rings (SSSR count). The fourth-order valence-corrected chi connectivity index (χ4v) is 3.55. The van der Waals surface area contributed by atoms with Crippen molar-refractivity contribution in [2.75, 3.05) is 5.32 Å². The van der Waals surface area contributed by atoms with Gasteiger partial charge in [-0.05, 0) is 25.0 Å². The van der Waals surface area contributed by atoms with E-state index in [1.165, 1.54) is 30.6 Å². The Hall–Kier alpha value is -1.89. The minimum Gasteiger partial charge on any atom is -0.296 e. The maximum Gasteiger partial charge on any atom is 0.260 e. The van der Waals surface area contributed by atoms with Crippen molar-refractivity contribution in [3.8, 4) is 0 Å². The summed E-state index contributed by atoms with van der Waals surface area (Å²) in [6.45, 7) is 0. The minimum absolute atomic E-state index is 0.212. The van der Waals surface area contributed by atoms with Crippen LogP contribution in [-0.2, 0) is 0 Å². The number of nitrogens with one attached hydrogen (secondary N) is 1. The van der Waals surface area contributed by atoms with Crippen LogP contribution in [0.2, 0.25) is 0 Å². The summed E-state index contributed by atoms with van der Waals surface area (Å²) in [4.78, 5) is 12.0. The molecule has 1 aromatic heterocycles. The number of hydrogen-bond acceptors (Lipinski definition) is 4. The van der Waals surface area contributed by atoms with E-state index in [0.29, 0.717) is 17.1 Å². The number of amides is 1. The largest absolute Gasteiger partial charge is 0.296 e. The third kappa shape index (κ3) is 3.30. The zero-order valence-electron chi connectivity index (χ0n) is 11.8. The first-order valence-electron chi connectivity index (χ1n) is 7.23. The summed E-state index contributed by atoms with van der Waals surface area (Å²) in [7, 11) is 0. The van der Waals surface area contributed by atoms with Crippen molar-refractivity contribution in [1.29, 1.82) is 0 Å². The first-order valence-corrected chi connectivity index (χ1v) is 8.05. The highest BCUT2D eigenvalue weighted by Gasteiger charge is 2.21. The van der Waals surface area contributed by atoms with Gasteiger partial charge in [-0.1, -0.05) is 30.6 Å². The molecule has 7 heteroatoms. The SMILES string of the molecule is O=C(Nc1nnc(C2CCCCC2)s1)c1ccc(F)cc1F. The summed E-state index contributed by atoms with van der Waals surface area (Å²) in [5.74, 6) is -1.86. The van der Waals surface area contributed by atoms with Gasteiger partial charge in [0.2, 0.25) is 5.13 Å². The van der Waals surface area contributed by atoms with Gasteiger partial charge in [0.1, 0.15) is 16.6 Å². The van der Waals surface area contributed by atoms with Gasteiger partial charge in [-0.2, -0.15) is 0 Å². The van der Waals surface area contributed by atoms with Crippen molar-refractivity contribution < 1.29 is 13.6 Å². The molecule has 1 aliphatic carbocycles. The molecular weight excluding hydrogens is 308 g/mol. The fraction of sp³-hybridized carbons (Fsp3) is 0.400. The maximum atomic E-state index is 13.6. The van der Waals surface area contributed by atoms with E-state index in [1.807, 2.05) is 0 Å². The van der Waals surface area contributed by atoms with Crippen molar-refractivity contribution in [2.24, 2.45) is 0 Å². The molecule has 0 unspecified atom stereocenters. The number of rotatable bonds is 3. The standard InChI is InChI=1S/C15H15F2N3OS/c16-10-6-7-11(12(17)8-10)13(21)18-15-20-19-14(22-15)9-4-2-1-3-5-9/h6-9H,1-5H2,(H,18,20,21). The Morgan fingerprint density at radius 1 is 1.18 bits per heavy atom. The number of carbonyl (C=O) groups is 1. The van der Waals surface area contributed by atoms with Gasteiger partial charge < -0.3 is 0 Å². The molecule has 0 atom stereocenters. The van der Waals surface area contributed by atoms with Crippen molar-refractivity contribution in [3.05, 3.63) is 40.4 Å². The minimum atomic E-state index is -0.894. The molecule has 4 nitrogen and oxygen atoms in total. The molecule has 1 N–H and O–H groups in total. The van der Waals surface area contributed by atoms with Crippen LogP contribution in [0.25, 0.3) is 0 Å². The summed E-state index contributed by atoms with van der Waals surface area (Å²) >= 11 is 1.32. The number of carbonyl (C=O) groups excluding carboxylic acids is 1. The van der Waals surface area contributed by atoms with Gasteiger partial charge in [0.15, 0.2) is 0 Å². The summed E-state index contributed by atoms with van der Waals surface area (Å²) in [6, 6.07) is 2.84. The highest BCUT2D eigenvalue weighted by atomic mass is 32.1. The van der Waals surface area contributed by atoms with Crippen LogP contribution in [0.15, 0.2) is 18.2 Å². The quantitative estimate of drug-likeness (QED) is 0.924. The predicted molar refractivity (Wildman–Crippen MR) is 80.0 cm³/mol. The Kier molecular flexibility index (Phi) is 4.42. The smallest absolute Gasteiger partial charge is 0.260 e. The van der Waals surface area contributed by atoms with E-state index in [4.69, 9.17) is 0 Å². The van der Waals surface area contributed by atoms with E-state index in [9.17, 15) is 13.6 Å². The second-order valence-corrected chi connectivity index (χ2v) is 6.37. The molecule has 1 amide bonds. The normalized spacial score (nSPS) is 15.7. The van der Waals surface area contributed by atoms with E-state index in [2.05, 4.69) is 15.5 Å². The molecule has 116 valence electrons. The summed E-state index contributed by atoms with van der Waals surface area (Å²) < 4.78 is 26.4. The first-order chi connectivity index (χ1) is 10.6. The van der Waals surface area contributed by atoms with E-state index in [1.54, 1.807) is 0 Å². The van der Waals surface area contributed by atoms with Gasteiger partial charge >= 0.3 is 0 Å². The predicted octanol–water partition coefficient (Wildman–Crippen LogP) is 4.12. The molecule has 0 bridgehead atoms. The molecule has 0 spiro atoms. The zero-order chi connectivity index (χ0) is 15.5. The Morgan fingerprint density at radius 2 is 1.95 bits per heavy atom. The van der Waals surface area contributed by atoms with Gasteiger partial charge in [0.25, 0.3) is 5.91 Å². The van der Waals surface area contributed by atoms with E-state index < -0.39 is 17.5 Å². The molecule has 2 aromatic rings. The molecule has 22 heavy (non-hydrogen) atoms. The lowest BCUT2D eigenvalue weighted by molar-refractivity contribution is 0.102. The van der Waals surface area contributed by atoms with Crippen molar-refractivity contribution in [1.82, 2.24) is 10.2 Å². The second-order valence-electron chi connectivity index (χ2n) is 5.36. The molecule has 1 saturated carbocycles. The lowest BCUT2D eigenvalue weighted by Gasteiger charge is -2.18. The van der Waals surface area contributed by atoms with Crippen LogP contribution in [0.3, 0.4) is 0 Å². The number of anilines is 1. The highest BCUT2D eigenvalue weighted by molar-refractivity contribution is 7.15. The lowest BCUT2D eigenvalue weighted by atomic mass is 9.90. The van der Waals surface area contributed by atoms with Gasteiger partial charge in [-0.25, -0.2) is 8.78 Å². The van der Waals surface area contributed by atoms with Crippen molar-refractivity contribution >= 4 is 22.4 Å². The van der Waals surface area contributed by atoms with Crippen LogP contribution < -0.4 is 5.32 Å². The number of benzene rings is 1. The van der Waals surface area contributed by atoms with E-state index in [0.717, 1.165) is 30.0 Å². The van der Waals surface area contributed by atoms with E-state index >= 15 is 0 Å². The molecule has 1 aliphatic rings. The monoisotopic (exact) mass is 323 g/mol. The summed E-state index contributed by atoms with van der Waals surface area (Å²) in [5.41, 5.74) is -0.212. The number of halogens is 2. The van der Waals surface area contributed by atoms with Crippen LogP contribution in [-0.4, -0.2) is 16.1 Å². The maximum absolute atomic E-state index is 13.6. The molecule has 1 aromatic carbocycles. The molecule has 0 saturated heterocycles. The third-order valence-electron chi connectivity index (χ3n) is 3.79.